The molecule has 2 aromatic heterocycles. The lowest BCUT2D eigenvalue weighted by atomic mass is 9.90. The maximum absolute atomic E-state index is 13.3. The molecule has 2 aliphatic rings. The Kier molecular flexibility index (Phi) is 8.19. The molecule has 1 aliphatic heterocycles. The van der Waals surface area contributed by atoms with Crippen molar-refractivity contribution in [3.63, 3.8) is 0 Å². The molecule has 7 heteroatoms. The Morgan fingerprint density at radius 2 is 1.82 bits per heavy atom. The van der Waals surface area contributed by atoms with E-state index in [1.165, 1.54) is 11.1 Å². The van der Waals surface area contributed by atoms with Gasteiger partial charge in [-0.1, -0.05) is 67.1 Å². The quantitative estimate of drug-likeness (QED) is 0.212. The summed E-state index contributed by atoms with van der Waals surface area (Å²) in [6, 6.07) is 21.0. The predicted octanol–water partition coefficient (Wildman–Crippen LogP) is 7.65. The maximum Gasteiger partial charge on any atom is 0.171 e. The van der Waals surface area contributed by atoms with E-state index in [2.05, 4.69) is 92.0 Å². The normalized spacial score (nSPS) is 20.9. The number of aromatic nitrogens is 3. The van der Waals surface area contributed by atoms with Gasteiger partial charge in [-0.2, -0.15) is 9.61 Å². The molecule has 0 amide bonds. The summed E-state index contributed by atoms with van der Waals surface area (Å²) in [5, 5.41) is 8.13. The van der Waals surface area contributed by atoms with E-state index in [4.69, 9.17) is 4.98 Å². The Hall–Kier alpha value is -3.58. The lowest BCUT2D eigenvalue weighted by Crippen LogP contribution is -2.18. The highest BCUT2D eigenvalue weighted by molar-refractivity contribution is 9.10. The van der Waals surface area contributed by atoms with Gasteiger partial charge >= 0.3 is 0 Å². The number of benzene rings is 2. The van der Waals surface area contributed by atoms with Crippen molar-refractivity contribution >= 4 is 39.4 Å². The van der Waals surface area contributed by atoms with Crippen molar-refractivity contribution in [2.45, 2.75) is 50.9 Å². The molecule has 0 radical (unpaired) electrons. The van der Waals surface area contributed by atoms with Gasteiger partial charge in [0.1, 0.15) is 11.6 Å². The lowest BCUT2D eigenvalue weighted by Gasteiger charge is -2.18. The van der Waals surface area contributed by atoms with E-state index in [1.54, 1.807) is 6.20 Å². The van der Waals surface area contributed by atoms with Gasteiger partial charge in [0.25, 0.3) is 0 Å². The third-order valence-corrected chi connectivity index (χ3v) is 8.76. The molecule has 6 nitrogen and oxygen atoms in total. The third-order valence-electron chi connectivity index (χ3n) is 8.20. The van der Waals surface area contributed by atoms with Gasteiger partial charge in [-0.05, 0) is 64.7 Å². The Labute approximate surface area is 243 Å². The number of carbonyl (C=O) groups excluding carboxylic acids is 1. The van der Waals surface area contributed by atoms with Gasteiger partial charge in [0.2, 0.25) is 0 Å². The van der Waals surface area contributed by atoms with E-state index in [9.17, 15) is 4.79 Å². The van der Waals surface area contributed by atoms with Gasteiger partial charge in [-0.15, -0.1) is 0 Å². The standard InChI is InChI=1S/C33H34BrN5O/c34-29-22-37-39-32(36-21-24-6-5-17-35-20-24)19-30(38-33(29)39)27-9-4-10-28(16-15-27)31(40)18-23-11-13-26(14-12-23)25-7-2-1-3-8-25/h1-3,5,7-8,11-14,17,19-20,22,24,27-28,36H,4,6,9-10,15-16,18,21H2. The average molecular weight is 597 g/mol. The summed E-state index contributed by atoms with van der Waals surface area (Å²) in [6.45, 7) is 0.789. The molecule has 1 aliphatic carbocycles. The first-order valence-electron chi connectivity index (χ1n) is 14.3. The first-order valence-corrected chi connectivity index (χ1v) is 15.1. The Morgan fingerprint density at radius 1 is 1.00 bits per heavy atom. The molecular formula is C33H34BrN5O. The van der Waals surface area contributed by atoms with E-state index in [-0.39, 0.29) is 5.92 Å². The topological polar surface area (TPSA) is 71.7 Å². The average Bonchev–Trinajstić information content (AvgIpc) is 3.21. The molecule has 0 spiro atoms. The van der Waals surface area contributed by atoms with E-state index in [0.717, 1.165) is 72.3 Å². The smallest absolute Gasteiger partial charge is 0.171 e. The number of carbonyl (C=O) groups is 1. The minimum absolute atomic E-state index is 0.112. The van der Waals surface area contributed by atoms with E-state index in [0.29, 0.717) is 24.0 Å². The number of Topliss-reactive ketones (excluding diaryl/α,β-unsaturated/α-hetero) is 1. The van der Waals surface area contributed by atoms with Crippen LogP contribution in [0.25, 0.3) is 16.8 Å². The van der Waals surface area contributed by atoms with Crippen molar-refractivity contribution < 1.29 is 4.79 Å². The fraction of sp³-hybridized carbons (Fsp3) is 0.333. The summed E-state index contributed by atoms with van der Waals surface area (Å²) < 4.78 is 2.76. The first kappa shape index (κ1) is 26.6. The number of nitrogens with zero attached hydrogens (tertiary/aromatic N) is 4. The molecule has 6 rings (SSSR count). The molecule has 2 aromatic carbocycles. The zero-order valence-electron chi connectivity index (χ0n) is 22.5. The number of hydrogen-bond acceptors (Lipinski definition) is 5. The van der Waals surface area contributed by atoms with E-state index in [1.807, 2.05) is 23.0 Å². The van der Waals surface area contributed by atoms with E-state index < -0.39 is 0 Å². The summed E-state index contributed by atoms with van der Waals surface area (Å²) in [6.07, 6.45) is 14.2. The van der Waals surface area contributed by atoms with Crippen LogP contribution in [0.15, 0.2) is 88.6 Å². The molecule has 0 saturated heterocycles. The maximum atomic E-state index is 13.3. The Balaban J connectivity index is 1.11. The monoisotopic (exact) mass is 595 g/mol. The number of anilines is 1. The van der Waals surface area contributed by atoms with Crippen LogP contribution >= 0.6 is 15.9 Å². The number of hydrogen-bond donors (Lipinski definition) is 1. The van der Waals surface area contributed by atoms with E-state index >= 15 is 0 Å². The Bertz CT molecular complexity index is 1530. The van der Waals surface area contributed by atoms with Crippen molar-refractivity contribution in [2.75, 3.05) is 11.9 Å². The molecule has 3 unspecified atom stereocenters. The number of rotatable bonds is 8. The molecular weight excluding hydrogens is 562 g/mol. The number of halogens is 1. The zero-order valence-corrected chi connectivity index (χ0v) is 24.1. The fourth-order valence-electron chi connectivity index (χ4n) is 5.90. The largest absolute Gasteiger partial charge is 0.369 e. The third kappa shape index (κ3) is 6.09. The molecule has 1 N–H and O–H groups in total. The van der Waals surface area contributed by atoms with Crippen LogP contribution in [0.3, 0.4) is 0 Å². The molecule has 1 fully saturated rings. The summed E-state index contributed by atoms with van der Waals surface area (Å²) in [5.74, 6) is 2.11. The van der Waals surface area contributed by atoms with Gasteiger partial charge in [0.15, 0.2) is 5.65 Å². The van der Waals surface area contributed by atoms with Crippen LogP contribution in [0.2, 0.25) is 0 Å². The fourth-order valence-corrected chi connectivity index (χ4v) is 6.25. The van der Waals surface area contributed by atoms with Gasteiger partial charge in [-0.25, -0.2) is 4.98 Å². The number of allylic oxidation sites excluding steroid dienone is 1. The second-order valence-electron chi connectivity index (χ2n) is 11.0. The van der Waals surface area contributed by atoms with Crippen LogP contribution in [-0.2, 0) is 11.2 Å². The van der Waals surface area contributed by atoms with Crippen LogP contribution in [-0.4, -0.2) is 33.1 Å². The molecule has 3 atom stereocenters. The van der Waals surface area contributed by atoms with Crippen molar-refractivity contribution in [1.82, 2.24) is 14.6 Å². The zero-order chi connectivity index (χ0) is 27.3. The minimum Gasteiger partial charge on any atom is -0.369 e. The molecule has 204 valence electrons. The highest BCUT2D eigenvalue weighted by Gasteiger charge is 2.26. The highest BCUT2D eigenvalue weighted by atomic mass is 79.9. The summed E-state index contributed by atoms with van der Waals surface area (Å²) in [5.41, 5.74) is 5.38. The van der Waals surface area contributed by atoms with Gasteiger partial charge < -0.3 is 5.32 Å². The van der Waals surface area contributed by atoms with Gasteiger partial charge in [0, 0.05) is 54.9 Å². The molecule has 0 bridgehead atoms. The Morgan fingerprint density at radius 3 is 2.62 bits per heavy atom. The molecule has 40 heavy (non-hydrogen) atoms. The van der Waals surface area contributed by atoms with Crippen molar-refractivity contribution in [3.8, 4) is 11.1 Å². The lowest BCUT2D eigenvalue weighted by molar-refractivity contribution is -0.122. The number of aliphatic imine (C=N–C) groups is 1. The van der Waals surface area contributed by atoms with Gasteiger partial charge in [0.05, 0.1) is 10.7 Å². The van der Waals surface area contributed by atoms with Crippen molar-refractivity contribution in [2.24, 2.45) is 16.8 Å². The molecule has 4 aromatic rings. The number of nitrogens with one attached hydrogen (secondary N) is 1. The van der Waals surface area contributed by atoms with Gasteiger partial charge in [-0.3, -0.25) is 9.79 Å². The van der Waals surface area contributed by atoms with Crippen molar-refractivity contribution in [3.05, 3.63) is 94.9 Å². The minimum atomic E-state index is 0.112. The summed E-state index contributed by atoms with van der Waals surface area (Å²) >= 11 is 3.63. The SMILES string of the molecule is O=C(Cc1ccc(-c2ccccc2)cc1)C1CCCC(c2cc(NCC3C=NC=CC3)n3ncc(Br)c3n2)CC1. The van der Waals surface area contributed by atoms with Crippen LogP contribution in [0.4, 0.5) is 5.82 Å². The molecule has 1 saturated carbocycles. The number of ketones is 1. The summed E-state index contributed by atoms with van der Waals surface area (Å²) in [7, 11) is 0. The highest BCUT2D eigenvalue weighted by Crippen LogP contribution is 2.36. The predicted molar refractivity (Wildman–Crippen MR) is 165 cm³/mol. The van der Waals surface area contributed by atoms with Crippen LogP contribution < -0.4 is 5.32 Å². The first-order chi connectivity index (χ1) is 19.6. The second kappa shape index (κ2) is 12.3. The molecule has 3 heterocycles. The number of fused-ring (bicyclic) bond motifs is 1. The van der Waals surface area contributed by atoms with Crippen LogP contribution in [0.1, 0.15) is 55.7 Å². The second-order valence-corrected chi connectivity index (χ2v) is 11.8. The van der Waals surface area contributed by atoms with Crippen LogP contribution in [0.5, 0.6) is 0 Å². The summed E-state index contributed by atoms with van der Waals surface area (Å²) in [4.78, 5) is 22.6. The van der Waals surface area contributed by atoms with Crippen molar-refractivity contribution in [1.29, 1.82) is 0 Å². The van der Waals surface area contributed by atoms with Crippen LogP contribution in [0, 0.1) is 11.8 Å².